The Morgan fingerprint density at radius 2 is 2.29 bits per heavy atom. The maximum Gasteiger partial charge on any atom is 0.260 e. The lowest BCUT2D eigenvalue weighted by Crippen LogP contribution is -3.12. The summed E-state index contributed by atoms with van der Waals surface area (Å²) in [7, 11) is 1.71. The molecule has 1 atom stereocenters. The van der Waals surface area contributed by atoms with Crippen molar-refractivity contribution in [2.24, 2.45) is 0 Å². The Labute approximate surface area is 105 Å². The highest BCUT2D eigenvalue weighted by molar-refractivity contribution is 7.71. The summed E-state index contributed by atoms with van der Waals surface area (Å²) in [4.78, 5) is 18.9. The summed E-state index contributed by atoms with van der Waals surface area (Å²) in [5.74, 6) is 0. The van der Waals surface area contributed by atoms with E-state index in [1.807, 2.05) is 0 Å². The second-order valence-corrected chi connectivity index (χ2v) is 4.80. The zero-order valence-corrected chi connectivity index (χ0v) is 10.8. The molecule has 0 saturated carbocycles. The third kappa shape index (κ3) is 3.02. The van der Waals surface area contributed by atoms with Crippen LogP contribution in [0.25, 0.3) is 0 Å². The predicted octanol–water partition coefficient (Wildman–Crippen LogP) is -0.590. The maximum absolute atomic E-state index is 11.8. The van der Waals surface area contributed by atoms with Crippen LogP contribution >= 0.6 is 12.2 Å². The minimum atomic E-state index is -0.0345. The molecular weight excluding hydrogens is 238 g/mol. The van der Waals surface area contributed by atoms with Gasteiger partial charge < -0.3 is 14.6 Å². The smallest absolute Gasteiger partial charge is 0.260 e. The molecule has 1 aliphatic heterocycles. The number of aromatic nitrogens is 2. The molecule has 1 aromatic rings. The molecular formula is C11H18N3O2S+. The van der Waals surface area contributed by atoms with E-state index >= 15 is 0 Å². The van der Waals surface area contributed by atoms with Gasteiger partial charge in [0.05, 0.1) is 25.3 Å². The Morgan fingerprint density at radius 1 is 1.47 bits per heavy atom. The van der Waals surface area contributed by atoms with E-state index in [1.165, 1.54) is 4.90 Å². The summed E-state index contributed by atoms with van der Waals surface area (Å²) in [6.45, 7) is 3.65. The van der Waals surface area contributed by atoms with Gasteiger partial charge >= 0.3 is 0 Å². The lowest BCUT2D eigenvalue weighted by atomic mass is 10.1. The summed E-state index contributed by atoms with van der Waals surface area (Å²) < 4.78 is 5.47. The van der Waals surface area contributed by atoms with E-state index < -0.39 is 0 Å². The van der Waals surface area contributed by atoms with E-state index in [2.05, 4.69) is 9.97 Å². The topological polar surface area (TPSA) is 62.3 Å². The first-order valence-corrected chi connectivity index (χ1v) is 6.28. The Balaban J connectivity index is 2.08. The molecule has 0 amide bonds. The molecule has 0 fully saturated rings. The molecule has 17 heavy (non-hydrogen) atoms. The zero-order chi connectivity index (χ0) is 12.3. The molecule has 2 rings (SSSR count). The van der Waals surface area contributed by atoms with Crippen LogP contribution in [0.2, 0.25) is 0 Å². The van der Waals surface area contributed by atoms with E-state index in [-0.39, 0.29) is 5.56 Å². The summed E-state index contributed by atoms with van der Waals surface area (Å²) in [6, 6.07) is 0. The average molecular weight is 256 g/mol. The number of hydrogen-bond donors (Lipinski definition) is 3. The highest BCUT2D eigenvalue weighted by Gasteiger charge is 2.22. The molecule has 2 heterocycles. The van der Waals surface area contributed by atoms with E-state index in [1.54, 1.807) is 7.11 Å². The number of rotatable bonds is 4. The minimum Gasteiger partial charge on any atom is -0.384 e. The lowest BCUT2D eigenvalue weighted by Gasteiger charge is -2.24. The van der Waals surface area contributed by atoms with Gasteiger partial charge in [0.2, 0.25) is 0 Å². The summed E-state index contributed by atoms with van der Waals surface area (Å²) in [5, 5.41) is 0. The van der Waals surface area contributed by atoms with Crippen molar-refractivity contribution in [3.05, 3.63) is 26.4 Å². The molecule has 0 saturated heterocycles. The van der Waals surface area contributed by atoms with Gasteiger partial charge in [-0.3, -0.25) is 9.78 Å². The van der Waals surface area contributed by atoms with Crippen LogP contribution in [0.15, 0.2) is 4.79 Å². The van der Waals surface area contributed by atoms with Crippen molar-refractivity contribution in [1.82, 2.24) is 9.97 Å². The largest absolute Gasteiger partial charge is 0.384 e. The fraction of sp³-hybridized carbons (Fsp3) is 0.636. The molecule has 3 N–H and O–H groups in total. The van der Waals surface area contributed by atoms with Gasteiger partial charge in [-0.1, -0.05) is 0 Å². The van der Waals surface area contributed by atoms with Crippen LogP contribution in [0, 0.1) is 4.77 Å². The van der Waals surface area contributed by atoms with Crippen LogP contribution in [-0.4, -0.2) is 36.8 Å². The van der Waals surface area contributed by atoms with Gasteiger partial charge in [-0.05, 0) is 12.2 Å². The molecule has 5 nitrogen and oxygen atoms in total. The molecule has 0 aromatic carbocycles. The SMILES string of the molecule is COCCC[NH+]1CCc2[nH]c(=S)[nH]c(=O)c2C1. The molecule has 1 aromatic heterocycles. The Morgan fingerprint density at radius 3 is 3.06 bits per heavy atom. The molecule has 94 valence electrons. The second kappa shape index (κ2) is 5.57. The highest BCUT2D eigenvalue weighted by Crippen LogP contribution is 2.02. The molecule has 0 spiro atoms. The van der Waals surface area contributed by atoms with Gasteiger partial charge in [-0.15, -0.1) is 0 Å². The van der Waals surface area contributed by atoms with Crippen molar-refractivity contribution < 1.29 is 9.64 Å². The van der Waals surface area contributed by atoms with Gasteiger partial charge in [-0.25, -0.2) is 0 Å². The van der Waals surface area contributed by atoms with Crippen LogP contribution in [0.4, 0.5) is 0 Å². The first-order valence-electron chi connectivity index (χ1n) is 5.87. The Bertz CT molecular complexity index is 494. The third-order valence-corrected chi connectivity index (χ3v) is 3.37. The molecule has 1 aliphatic rings. The maximum atomic E-state index is 11.8. The van der Waals surface area contributed by atoms with Crippen LogP contribution in [0.3, 0.4) is 0 Å². The fourth-order valence-corrected chi connectivity index (χ4v) is 2.50. The van der Waals surface area contributed by atoms with Crippen LogP contribution in [-0.2, 0) is 17.7 Å². The number of ether oxygens (including phenoxy) is 1. The zero-order valence-electron chi connectivity index (χ0n) is 9.97. The van der Waals surface area contributed by atoms with E-state index in [0.717, 1.165) is 50.3 Å². The number of H-pyrrole nitrogens is 2. The van der Waals surface area contributed by atoms with Gasteiger partial charge in [0.25, 0.3) is 5.56 Å². The number of nitrogens with one attached hydrogen (secondary N) is 3. The lowest BCUT2D eigenvalue weighted by molar-refractivity contribution is -0.916. The fourth-order valence-electron chi connectivity index (χ4n) is 2.28. The van der Waals surface area contributed by atoms with E-state index in [9.17, 15) is 4.79 Å². The predicted molar refractivity (Wildman–Crippen MR) is 66.8 cm³/mol. The van der Waals surface area contributed by atoms with Crippen molar-refractivity contribution in [1.29, 1.82) is 0 Å². The monoisotopic (exact) mass is 256 g/mol. The first-order chi connectivity index (χ1) is 8.20. The van der Waals surface area contributed by atoms with Gasteiger partial charge in [0, 0.05) is 25.6 Å². The molecule has 0 radical (unpaired) electrons. The Kier molecular flexibility index (Phi) is 4.09. The average Bonchev–Trinajstić information content (AvgIpc) is 2.30. The van der Waals surface area contributed by atoms with Crippen LogP contribution < -0.4 is 10.5 Å². The molecule has 0 bridgehead atoms. The van der Waals surface area contributed by atoms with Crippen LogP contribution in [0.1, 0.15) is 17.7 Å². The molecule has 0 aliphatic carbocycles. The summed E-state index contributed by atoms with van der Waals surface area (Å²) >= 11 is 4.97. The number of quaternary nitrogens is 1. The van der Waals surface area contributed by atoms with Crippen molar-refractivity contribution >= 4 is 12.2 Å². The van der Waals surface area contributed by atoms with Gasteiger partial charge in [0.1, 0.15) is 6.54 Å². The Hall–Kier alpha value is -0.980. The highest BCUT2D eigenvalue weighted by atomic mass is 32.1. The standard InChI is InChI=1S/C11H17N3O2S/c1-16-6-2-4-14-5-3-9-8(7-14)10(15)13-11(17)12-9/h2-7H2,1H3,(H2,12,13,15,17)/p+1. The summed E-state index contributed by atoms with van der Waals surface area (Å²) in [5.41, 5.74) is 1.83. The van der Waals surface area contributed by atoms with Crippen molar-refractivity contribution in [2.75, 3.05) is 26.8 Å². The third-order valence-electron chi connectivity index (χ3n) is 3.16. The van der Waals surface area contributed by atoms with Gasteiger partial charge in [-0.2, -0.15) is 0 Å². The quantitative estimate of drug-likeness (QED) is 0.498. The second-order valence-electron chi connectivity index (χ2n) is 4.39. The van der Waals surface area contributed by atoms with Gasteiger partial charge in [0.15, 0.2) is 4.77 Å². The summed E-state index contributed by atoms with van der Waals surface area (Å²) in [6.07, 6.45) is 1.92. The number of aromatic amines is 2. The molecule has 1 unspecified atom stereocenters. The van der Waals surface area contributed by atoms with Crippen molar-refractivity contribution in [3.63, 3.8) is 0 Å². The van der Waals surface area contributed by atoms with E-state index in [0.29, 0.717) is 4.77 Å². The normalized spacial score (nSPS) is 19.0. The van der Waals surface area contributed by atoms with Crippen LogP contribution in [0.5, 0.6) is 0 Å². The van der Waals surface area contributed by atoms with Crippen molar-refractivity contribution in [3.8, 4) is 0 Å². The molecule has 6 heteroatoms. The number of hydrogen-bond acceptors (Lipinski definition) is 3. The number of fused-ring (bicyclic) bond motifs is 1. The van der Waals surface area contributed by atoms with E-state index in [4.69, 9.17) is 17.0 Å². The van der Waals surface area contributed by atoms with Crippen molar-refractivity contribution in [2.45, 2.75) is 19.4 Å². The number of methoxy groups -OCH3 is 1. The first kappa shape index (κ1) is 12.5. The minimum absolute atomic E-state index is 0.0345.